The Morgan fingerprint density at radius 2 is 2.00 bits per heavy atom. The number of nitrogens with one attached hydrogen (secondary N) is 1. The van der Waals surface area contributed by atoms with Gasteiger partial charge in [0, 0.05) is 48.8 Å². The van der Waals surface area contributed by atoms with E-state index in [4.69, 9.17) is 9.47 Å². The largest absolute Gasteiger partial charge is 0.352 e. The van der Waals surface area contributed by atoms with Crippen molar-refractivity contribution in [2.24, 2.45) is 0 Å². The van der Waals surface area contributed by atoms with Crippen LogP contribution in [0.3, 0.4) is 0 Å². The third kappa shape index (κ3) is 6.35. The van der Waals surface area contributed by atoms with E-state index in [0.717, 1.165) is 18.3 Å². The first kappa shape index (κ1) is 14.6. The lowest BCUT2D eigenvalue weighted by molar-refractivity contribution is -0.132. The second-order valence-corrected chi connectivity index (χ2v) is 6.12. The van der Waals surface area contributed by atoms with Crippen LogP contribution in [0.5, 0.6) is 0 Å². The van der Waals surface area contributed by atoms with Crippen LogP contribution >= 0.6 is 23.5 Å². The molecule has 1 fully saturated rings. The van der Waals surface area contributed by atoms with Crippen molar-refractivity contribution in [2.75, 3.05) is 43.6 Å². The SMILES string of the molecule is CCOC(CNCC1CSCCS1)OCC. The maximum atomic E-state index is 5.48. The number of ether oxygens (including phenoxy) is 2. The highest BCUT2D eigenvalue weighted by Crippen LogP contribution is 2.23. The molecule has 0 aromatic carbocycles. The second-order valence-electron chi connectivity index (χ2n) is 3.57. The highest BCUT2D eigenvalue weighted by molar-refractivity contribution is 8.06. The van der Waals surface area contributed by atoms with Gasteiger partial charge in [0.2, 0.25) is 0 Å². The van der Waals surface area contributed by atoms with E-state index in [9.17, 15) is 0 Å². The van der Waals surface area contributed by atoms with Crippen LogP contribution in [0.15, 0.2) is 0 Å². The Hall–Kier alpha value is 0.580. The molecule has 1 aliphatic rings. The standard InChI is InChI=1S/C11H23NO2S2/c1-3-13-11(14-4-2)8-12-7-10-9-15-5-6-16-10/h10-12H,3-9H2,1-2H3. The zero-order chi connectivity index (χ0) is 11.6. The summed E-state index contributed by atoms with van der Waals surface area (Å²) < 4.78 is 11.0. The Bertz CT molecular complexity index is 160. The van der Waals surface area contributed by atoms with E-state index < -0.39 is 0 Å². The van der Waals surface area contributed by atoms with Crippen molar-refractivity contribution in [3.05, 3.63) is 0 Å². The summed E-state index contributed by atoms with van der Waals surface area (Å²) >= 11 is 4.14. The van der Waals surface area contributed by atoms with E-state index in [0.29, 0.717) is 13.2 Å². The highest BCUT2D eigenvalue weighted by atomic mass is 32.2. The Kier molecular flexibility index (Phi) is 8.78. The zero-order valence-corrected chi connectivity index (χ0v) is 11.9. The third-order valence-corrected chi connectivity index (χ3v) is 5.12. The monoisotopic (exact) mass is 265 g/mol. The summed E-state index contributed by atoms with van der Waals surface area (Å²) in [5, 5.41) is 4.19. The highest BCUT2D eigenvalue weighted by Gasteiger charge is 2.14. The van der Waals surface area contributed by atoms with Crippen LogP contribution in [-0.2, 0) is 9.47 Å². The van der Waals surface area contributed by atoms with E-state index in [1.165, 1.54) is 17.3 Å². The Morgan fingerprint density at radius 1 is 1.25 bits per heavy atom. The molecule has 0 amide bonds. The van der Waals surface area contributed by atoms with Crippen molar-refractivity contribution in [2.45, 2.75) is 25.4 Å². The van der Waals surface area contributed by atoms with Gasteiger partial charge in [0.15, 0.2) is 6.29 Å². The van der Waals surface area contributed by atoms with Gasteiger partial charge < -0.3 is 14.8 Å². The molecule has 96 valence electrons. The summed E-state index contributed by atoms with van der Waals surface area (Å²) in [5.74, 6) is 3.87. The summed E-state index contributed by atoms with van der Waals surface area (Å²) in [5.41, 5.74) is 0. The van der Waals surface area contributed by atoms with Gasteiger partial charge in [-0.05, 0) is 13.8 Å². The smallest absolute Gasteiger partial charge is 0.169 e. The summed E-state index contributed by atoms with van der Waals surface area (Å²) in [6, 6.07) is 0. The quantitative estimate of drug-likeness (QED) is 0.677. The van der Waals surface area contributed by atoms with E-state index in [-0.39, 0.29) is 6.29 Å². The molecule has 1 unspecified atom stereocenters. The van der Waals surface area contributed by atoms with Crippen LogP contribution in [0, 0.1) is 0 Å². The van der Waals surface area contributed by atoms with Crippen LogP contribution in [0.4, 0.5) is 0 Å². The van der Waals surface area contributed by atoms with Gasteiger partial charge in [0.1, 0.15) is 0 Å². The summed E-state index contributed by atoms with van der Waals surface area (Å²) in [6.45, 7) is 7.28. The first-order valence-corrected chi connectivity index (χ1v) is 8.20. The number of hydrogen-bond donors (Lipinski definition) is 1. The Balaban J connectivity index is 2.06. The van der Waals surface area contributed by atoms with Gasteiger partial charge in [-0.25, -0.2) is 0 Å². The van der Waals surface area contributed by atoms with Gasteiger partial charge in [0.05, 0.1) is 0 Å². The van der Waals surface area contributed by atoms with E-state index in [1.807, 2.05) is 13.8 Å². The molecule has 1 saturated heterocycles. The van der Waals surface area contributed by atoms with Crippen molar-refractivity contribution >= 4 is 23.5 Å². The van der Waals surface area contributed by atoms with Gasteiger partial charge >= 0.3 is 0 Å². The molecule has 0 aliphatic carbocycles. The third-order valence-electron chi connectivity index (χ3n) is 2.27. The van der Waals surface area contributed by atoms with Gasteiger partial charge in [-0.15, -0.1) is 0 Å². The molecule has 1 rings (SSSR count). The lowest BCUT2D eigenvalue weighted by Gasteiger charge is -2.23. The predicted octanol–water partition coefficient (Wildman–Crippen LogP) is 1.82. The lowest BCUT2D eigenvalue weighted by Crippen LogP contribution is -2.36. The van der Waals surface area contributed by atoms with E-state index in [2.05, 4.69) is 28.8 Å². The summed E-state index contributed by atoms with van der Waals surface area (Å²) in [4.78, 5) is 0. The molecule has 1 heterocycles. The molecule has 0 radical (unpaired) electrons. The fraction of sp³-hybridized carbons (Fsp3) is 1.00. The van der Waals surface area contributed by atoms with Crippen molar-refractivity contribution in [1.82, 2.24) is 5.32 Å². The fourth-order valence-corrected chi connectivity index (χ4v) is 4.20. The molecule has 0 aromatic rings. The van der Waals surface area contributed by atoms with Gasteiger partial charge in [-0.2, -0.15) is 23.5 Å². The van der Waals surface area contributed by atoms with E-state index >= 15 is 0 Å². The predicted molar refractivity (Wildman–Crippen MR) is 73.5 cm³/mol. The summed E-state index contributed by atoms with van der Waals surface area (Å²) in [7, 11) is 0. The zero-order valence-electron chi connectivity index (χ0n) is 10.2. The fourth-order valence-electron chi connectivity index (χ4n) is 1.55. The van der Waals surface area contributed by atoms with Crippen molar-refractivity contribution < 1.29 is 9.47 Å². The molecule has 0 spiro atoms. The molecule has 0 bridgehead atoms. The minimum Gasteiger partial charge on any atom is -0.352 e. The average Bonchev–Trinajstić information content (AvgIpc) is 2.31. The molecule has 0 aromatic heterocycles. The Morgan fingerprint density at radius 3 is 2.56 bits per heavy atom. The van der Waals surface area contributed by atoms with Crippen molar-refractivity contribution in [3.63, 3.8) is 0 Å². The van der Waals surface area contributed by atoms with Crippen molar-refractivity contribution in [3.8, 4) is 0 Å². The molecule has 16 heavy (non-hydrogen) atoms. The normalized spacial score (nSPS) is 21.6. The number of hydrogen-bond acceptors (Lipinski definition) is 5. The first-order chi connectivity index (χ1) is 7.86. The average molecular weight is 265 g/mol. The van der Waals surface area contributed by atoms with Crippen LogP contribution in [-0.4, -0.2) is 55.1 Å². The lowest BCUT2D eigenvalue weighted by atomic mass is 10.4. The topological polar surface area (TPSA) is 30.5 Å². The molecule has 5 heteroatoms. The minimum atomic E-state index is -0.0868. The van der Waals surface area contributed by atoms with E-state index in [1.54, 1.807) is 0 Å². The summed E-state index contributed by atoms with van der Waals surface area (Å²) in [6.07, 6.45) is -0.0868. The maximum Gasteiger partial charge on any atom is 0.169 e. The molecule has 0 saturated carbocycles. The molecular weight excluding hydrogens is 242 g/mol. The number of rotatable bonds is 8. The molecule has 3 nitrogen and oxygen atoms in total. The van der Waals surface area contributed by atoms with Crippen LogP contribution < -0.4 is 5.32 Å². The molecule has 1 N–H and O–H groups in total. The van der Waals surface area contributed by atoms with Gasteiger partial charge in [-0.1, -0.05) is 0 Å². The van der Waals surface area contributed by atoms with Crippen LogP contribution in [0.25, 0.3) is 0 Å². The van der Waals surface area contributed by atoms with Crippen LogP contribution in [0.2, 0.25) is 0 Å². The van der Waals surface area contributed by atoms with Crippen LogP contribution in [0.1, 0.15) is 13.8 Å². The molecular formula is C11H23NO2S2. The first-order valence-electron chi connectivity index (χ1n) is 6.00. The van der Waals surface area contributed by atoms with Crippen molar-refractivity contribution in [1.29, 1.82) is 0 Å². The van der Waals surface area contributed by atoms with Gasteiger partial charge in [-0.3, -0.25) is 0 Å². The molecule has 1 aliphatic heterocycles. The Labute approximate surface area is 107 Å². The minimum absolute atomic E-state index is 0.0868. The van der Waals surface area contributed by atoms with Gasteiger partial charge in [0.25, 0.3) is 0 Å². The number of thioether (sulfide) groups is 2. The second kappa shape index (κ2) is 9.59. The maximum absolute atomic E-state index is 5.48. The molecule has 1 atom stereocenters.